The predicted molar refractivity (Wildman–Crippen MR) is 73.1 cm³/mol. The lowest BCUT2D eigenvalue weighted by molar-refractivity contribution is 0.202. The summed E-state index contributed by atoms with van der Waals surface area (Å²) in [5.74, 6) is 1.56. The Bertz CT molecular complexity index is 359. The van der Waals surface area contributed by atoms with Crippen LogP contribution in [0.25, 0.3) is 0 Å². The Morgan fingerprint density at radius 1 is 1.29 bits per heavy atom. The number of anilines is 1. The molecule has 1 aromatic heterocycles. The van der Waals surface area contributed by atoms with Crippen LogP contribution in [0.5, 0.6) is 0 Å². The van der Waals surface area contributed by atoms with E-state index in [0.717, 1.165) is 35.5 Å². The summed E-state index contributed by atoms with van der Waals surface area (Å²) in [7, 11) is 0. The fourth-order valence-electron chi connectivity index (χ4n) is 1.65. The summed E-state index contributed by atoms with van der Waals surface area (Å²) >= 11 is 3.37. The van der Waals surface area contributed by atoms with Crippen molar-refractivity contribution in [2.45, 2.75) is 45.6 Å². The molecule has 0 fully saturated rings. The lowest BCUT2D eigenvalue weighted by atomic mass is 9.94. The van der Waals surface area contributed by atoms with Crippen LogP contribution in [-0.4, -0.2) is 27.2 Å². The number of nitrogens with one attached hydrogen (secondary N) is 1. The van der Waals surface area contributed by atoms with E-state index in [1.807, 2.05) is 13.0 Å². The van der Waals surface area contributed by atoms with Crippen LogP contribution in [0.2, 0.25) is 0 Å². The maximum atomic E-state index is 9.52. The van der Waals surface area contributed by atoms with Crippen molar-refractivity contribution in [2.24, 2.45) is 0 Å². The third-order valence-corrected chi connectivity index (χ3v) is 3.51. The summed E-state index contributed by atoms with van der Waals surface area (Å²) in [5, 5.41) is 12.8. The fourth-order valence-corrected chi connectivity index (χ4v) is 2.07. The van der Waals surface area contributed by atoms with E-state index in [9.17, 15) is 5.11 Å². The van der Waals surface area contributed by atoms with Crippen molar-refractivity contribution >= 4 is 21.7 Å². The van der Waals surface area contributed by atoms with E-state index in [1.54, 1.807) is 0 Å². The first-order chi connectivity index (χ1) is 8.09. The molecule has 0 bridgehead atoms. The van der Waals surface area contributed by atoms with E-state index < -0.39 is 0 Å². The van der Waals surface area contributed by atoms with Crippen molar-refractivity contribution in [2.75, 3.05) is 11.9 Å². The van der Waals surface area contributed by atoms with Crippen molar-refractivity contribution in [1.82, 2.24) is 9.97 Å². The van der Waals surface area contributed by atoms with Crippen molar-refractivity contribution in [3.63, 3.8) is 0 Å². The smallest absolute Gasteiger partial charge is 0.131 e. The normalized spacial score (nSPS) is 11.6. The highest BCUT2D eigenvalue weighted by atomic mass is 79.9. The standard InChI is InChI=1S/C12H20BrN3O/c1-4-10-14-9(13)7-11(15-10)16-12(5-2,6-3)8-17/h7,17H,4-6,8H2,1-3H3,(H,14,15,16). The monoisotopic (exact) mass is 301 g/mol. The lowest BCUT2D eigenvalue weighted by Crippen LogP contribution is -2.41. The molecule has 0 aliphatic carbocycles. The molecule has 0 atom stereocenters. The van der Waals surface area contributed by atoms with E-state index in [4.69, 9.17) is 0 Å². The van der Waals surface area contributed by atoms with Gasteiger partial charge in [-0.05, 0) is 28.8 Å². The van der Waals surface area contributed by atoms with Crippen LogP contribution in [0.1, 0.15) is 39.4 Å². The van der Waals surface area contributed by atoms with Gasteiger partial charge in [0.1, 0.15) is 16.2 Å². The van der Waals surface area contributed by atoms with Crippen molar-refractivity contribution in [3.05, 3.63) is 16.5 Å². The van der Waals surface area contributed by atoms with Crippen molar-refractivity contribution in [3.8, 4) is 0 Å². The van der Waals surface area contributed by atoms with Crippen LogP contribution in [0.3, 0.4) is 0 Å². The Labute approximate surface area is 111 Å². The molecule has 5 heteroatoms. The van der Waals surface area contributed by atoms with Gasteiger partial charge in [0.25, 0.3) is 0 Å². The predicted octanol–water partition coefficient (Wildman–Crippen LogP) is 2.76. The summed E-state index contributed by atoms with van der Waals surface area (Å²) in [6.07, 6.45) is 2.49. The molecule has 2 N–H and O–H groups in total. The van der Waals surface area contributed by atoms with Crippen molar-refractivity contribution in [1.29, 1.82) is 0 Å². The second-order valence-corrected chi connectivity index (χ2v) is 4.93. The van der Waals surface area contributed by atoms with E-state index >= 15 is 0 Å². The molecule has 4 nitrogen and oxygen atoms in total. The van der Waals surface area contributed by atoms with Gasteiger partial charge in [-0.3, -0.25) is 0 Å². The first-order valence-electron chi connectivity index (χ1n) is 6.01. The van der Waals surface area contributed by atoms with Gasteiger partial charge in [0, 0.05) is 12.5 Å². The number of halogens is 1. The first-order valence-corrected chi connectivity index (χ1v) is 6.81. The van der Waals surface area contributed by atoms with Gasteiger partial charge >= 0.3 is 0 Å². The highest BCUT2D eigenvalue weighted by Gasteiger charge is 2.25. The third-order valence-electron chi connectivity index (χ3n) is 3.11. The van der Waals surface area contributed by atoms with Crippen LogP contribution >= 0.6 is 15.9 Å². The van der Waals surface area contributed by atoms with E-state index in [0.29, 0.717) is 0 Å². The molecule has 0 aromatic carbocycles. The molecule has 0 amide bonds. The molecule has 0 radical (unpaired) electrons. The zero-order valence-electron chi connectivity index (χ0n) is 10.6. The highest BCUT2D eigenvalue weighted by molar-refractivity contribution is 9.10. The van der Waals surface area contributed by atoms with Crippen LogP contribution in [0, 0.1) is 0 Å². The fraction of sp³-hybridized carbons (Fsp3) is 0.667. The number of hydrogen-bond donors (Lipinski definition) is 2. The number of aryl methyl sites for hydroxylation is 1. The molecule has 0 aliphatic rings. The van der Waals surface area contributed by atoms with Crippen LogP contribution in [-0.2, 0) is 6.42 Å². The van der Waals surface area contributed by atoms with Gasteiger partial charge in [0.2, 0.25) is 0 Å². The number of nitrogens with zero attached hydrogens (tertiary/aromatic N) is 2. The van der Waals surface area contributed by atoms with Crippen LogP contribution < -0.4 is 5.32 Å². The van der Waals surface area contributed by atoms with Crippen molar-refractivity contribution < 1.29 is 5.11 Å². The molecule has 1 heterocycles. The van der Waals surface area contributed by atoms with E-state index in [2.05, 4.69) is 45.1 Å². The van der Waals surface area contributed by atoms with Gasteiger partial charge in [-0.2, -0.15) is 0 Å². The summed E-state index contributed by atoms with van der Waals surface area (Å²) in [5.41, 5.74) is -0.293. The van der Waals surface area contributed by atoms with Gasteiger partial charge in [-0.1, -0.05) is 20.8 Å². The Morgan fingerprint density at radius 2 is 1.94 bits per heavy atom. The maximum absolute atomic E-state index is 9.52. The summed E-state index contributed by atoms with van der Waals surface area (Å²) in [6.45, 7) is 6.24. The molecule has 1 rings (SSSR count). The lowest BCUT2D eigenvalue weighted by Gasteiger charge is -2.31. The largest absolute Gasteiger partial charge is 0.394 e. The summed E-state index contributed by atoms with van der Waals surface area (Å²) < 4.78 is 0.769. The number of rotatable bonds is 6. The second-order valence-electron chi connectivity index (χ2n) is 4.12. The molecule has 0 aliphatic heterocycles. The van der Waals surface area contributed by atoms with Crippen LogP contribution in [0.4, 0.5) is 5.82 Å². The maximum Gasteiger partial charge on any atom is 0.131 e. The quantitative estimate of drug-likeness (QED) is 0.793. The SMILES string of the molecule is CCc1nc(Br)cc(NC(CC)(CC)CO)n1. The second kappa shape index (κ2) is 6.31. The Kier molecular flexibility index (Phi) is 5.33. The van der Waals surface area contributed by atoms with Gasteiger partial charge < -0.3 is 10.4 Å². The van der Waals surface area contributed by atoms with E-state index in [1.165, 1.54) is 0 Å². The molecule has 0 unspecified atom stereocenters. The molecule has 0 saturated carbocycles. The zero-order chi connectivity index (χ0) is 12.9. The molecule has 17 heavy (non-hydrogen) atoms. The number of aliphatic hydroxyl groups excluding tert-OH is 1. The average Bonchev–Trinajstić information content (AvgIpc) is 2.35. The van der Waals surface area contributed by atoms with Gasteiger partial charge in [0.05, 0.1) is 12.1 Å². The Morgan fingerprint density at radius 3 is 2.41 bits per heavy atom. The number of aliphatic hydroxyl groups is 1. The minimum Gasteiger partial charge on any atom is -0.394 e. The first kappa shape index (κ1) is 14.4. The zero-order valence-corrected chi connectivity index (χ0v) is 12.2. The number of aromatic nitrogens is 2. The third kappa shape index (κ3) is 3.64. The highest BCUT2D eigenvalue weighted by Crippen LogP contribution is 2.22. The molecule has 96 valence electrons. The molecular weight excluding hydrogens is 282 g/mol. The number of hydrogen-bond acceptors (Lipinski definition) is 4. The Balaban J connectivity index is 2.96. The minimum atomic E-state index is -0.293. The average molecular weight is 302 g/mol. The molecule has 0 saturated heterocycles. The Hall–Kier alpha value is -0.680. The minimum absolute atomic E-state index is 0.100. The molecule has 1 aromatic rings. The molecule has 0 spiro atoms. The molecular formula is C12H20BrN3O. The van der Waals surface area contributed by atoms with E-state index in [-0.39, 0.29) is 12.1 Å². The summed E-state index contributed by atoms with van der Waals surface area (Å²) in [4.78, 5) is 8.68. The van der Waals surface area contributed by atoms with Gasteiger partial charge in [0.15, 0.2) is 0 Å². The topological polar surface area (TPSA) is 58.0 Å². The summed E-state index contributed by atoms with van der Waals surface area (Å²) in [6, 6.07) is 1.84. The van der Waals surface area contributed by atoms with Gasteiger partial charge in [-0.25, -0.2) is 9.97 Å². The van der Waals surface area contributed by atoms with Crippen LogP contribution in [0.15, 0.2) is 10.7 Å². The van der Waals surface area contributed by atoms with Gasteiger partial charge in [-0.15, -0.1) is 0 Å².